The van der Waals surface area contributed by atoms with Crippen LogP contribution >= 0.6 is 0 Å². The van der Waals surface area contributed by atoms with Gasteiger partial charge >= 0.3 is 0 Å². The van der Waals surface area contributed by atoms with Gasteiger partial charge < -0.3 is 9.84 Å². The molecule has 0 aliphatic carbocycles. The van der Waals surface area contributed by atoms with E-state index in [2.05, 4.69) is 15.0 Å². The SMILES string of the molecule is CC(=O)c1ccc(Nc2cnoc2)cc1. The highest BCUT2D eigenvalue weighted by molar-refractivity contribution is 5.94. The Balaban J connectivity index is 2.14. The molecule has 2 rings (SSSR count). The Bertz CT molecular complexity index is 446. The summed E-state index contributed by atoms with van der Waals surface area (Å²) in [5.74, 6) is 0.0616. The molecule has 15 heavy (non-hydrogen) atoms. The number of hydrogen-bond acceptors (Lipinski definition) is 4. The molecule has 0 saturated heterocycles. The fraction of sp³-hybridized carbons (Fsp3) is 0.0909. The van der Waals surface area contributed by atoms with Gasteiger partial charge in [0.05, 0.1) is 11.9 Å². The Kier molecular flexibility index (Phi) is 2.49. The second-order valence-electron chi connectivity index (χ2n) is 3.17. The lowest BCUT2D eigenvalue weighted by atomic mass is 10.1. The molecule has 0 aliphatic heterocycles. The van der Waals surface area contributed by atoms with Gasteiger partial charge in [0, 0.05) is 11.3 Å². The first-order valence-electron chi connectivity index (χ1n) is 4.53. The van der Waals surface area contributed by atoms with Crippen LogP contribution in [-0.2, 0) is 0 Å². The van der Waals surface area contributed by atoms with Crippen LogP contribution in [0.25, 0.3) is 0 Å². The van der Waals surface area contributed by atoms with Crippen molar-refractivity contribution in [3.05, 3.63) is 42.3 Å². The Labute approximate surface area is 86.9 Å². The number of carbonyl (C=O) groups excluding carboxylic acids is 1. The molecular formula is C11H10N2O2. The van der Waals surface area contributed by atoms with Crippen LogP contribution in [0.5, 0.6) is 0 Å². The highest BCUT2D eigenvalue weighted by Crippen LogP contribution is 2.16. The number of aromatic nitrogens is 1. The van der Waals surface area contributed by atoms with E-state index < -0.39 is 0 Å². The summed E-state index contributed by atoms with van der Waals surface area (Å²) in [5, 5.41) is 6.65. The van der Waals surface area contributed by atoms with E-state index in [0.717, 1.165) is 11.4 Å². The van der Waals surface area contributed by atoms with Crippen molar-refractivity contribution in [1.82, 2.24) is 5.16 Å². The molecule has 0 spiro atoms. The Morgan fingerprint density at radius 1 is 1.27 bits per heavy atom. The van der Waals surface area contributed by atoms with E-state index in [0.29, 0.717) is 5.56 Å². The van der Waals surface area contributed by atoms with Crippen molar-refractivity contribution in [1.29, 1.82) is 0 Å². The molecule has 1 aromatic carbocycles. The van der Waals surface area contributed by atoms with Crippen LogP contribution in [0.15, 0.2) is 41.2 Å². The van der Waals surface area contributed by atoms with Gasteiger partial charge in [-0.05, 0) is 31.2 Å². The van der Waals surface area contributed by atoms with Gasteiger partial charge in [-0.15, -0.1) is 0 Å². The summed E-state index contributed by atoms with van der Waals surface area (Å²) >= 11 is 0. The molecule has 0 saturated carbocycles. The Morgan fingerprint density at radius 2 is 2.00 bits per heavy atom. The van der Waals surface area contributed by atoms with Gasteiger partial charge in [-0.3, -0.25) is 4.79 Å². The second-order valence-corrected chi connectivity index (χ2v) is 3.17. The van der Waals surface area contributed by atoms with Crippen molar-refractivity contribution in [2.75, 3.05) is 5.32 Å². The van der Waals surface area contributed by atoms with E-state index in [1.165, 1.54) is 6.26 Å². The molecule has 1 aromatic heterocycles. The van der Waals surface area contributed by atoms with E-state index in [1.807, 2.05) is 12.1 Å². The molecule has 4 nitrogen and oxygen atoms in total. The summed E-state index contributed by atoms with van der Waals surface area (Å²) in [5.41, 5.74) is 2.37. The highest BCUT2D eigenvalue weighted by Gasteiger charge is 1.99. The molecule has 0 radical (unpaired) electrons. The average Bonchev–Trinajstić information content (AvgIpc) is 2.71. The lowest BCUT2D eigenvalue weighted by Crippen LogP contribution is -1.93. The smallest absolute Gasteiger partial charge is 0.159 e. The maximum atomic E-state index is 11.0. The van der Waals surface area contributed by atoms with E-state index in [-0.39, 0.29) is 5.78 Å². The average molecular weight is 202 g/mol. The first-order valence-corrected chi connectivity index (χ1v) is 4.53. The predicted molar refractivity (Wildman–Crippen MR) is 56.2 cm³/mol. The molecule has 0 aliphatic rings. The predicted octanol–water partition coefficient (Wildman–Crippen LogP) is 2.62. The van der Waals surface area contributed by atoms with Crippen molar-refractivity contribution in [2.24, 2.45) is 0 Å². The molecule has 4 heteroatoms. The quantitative estimate of drug-likeness (QED) is 0.777. The van der Waals surface area contributed by atoms with Crippen LogP contribution < -0.4 is 5.32 Å². The first kappa shape index (κ1) is 9.45. The van der Waals surface area contributed by atoms with E-state index in [1.54, 1.807) is 25.3 Å². The normalized spacial score (nSPS) is 9.93. The number of Topliss-reactive ketones (excluding diaryl/α,β-unsaturated/α-hetero) is 1. The molecular weight excluding hydrogens is 192 g/mol. The van der Waals surface area contributed by atoms with Crippen LogP contribution in [0.4, 0.5) is 11.4 Å². The number of ketones is 1. The summed E-state index contributed by atoms with van der Waals surface area (Å²) in [7, 11) is 0. The summed E-state index contributed by atoms with van der Waals surface area (Å²) in [6, 6.07) is 7.23. The van der Waals surface area contributed by atoms with Crippen LogP contribution in [0.2, 0.25) is 0 Å². The summed E-state index contributed by atoms with van der Waals surface area (Å²) in [4.78, 5) is 11.0. The van der Waals surface area contributed by atoms with Gasteiger partial charge in [0.2, 0.25) is 0 Å². The molecule has 0 bridgehead atoms. The summed E-state index contributed by atoms with van der Waals surface area (Å²) in [6.45, 7) is 1.54. The minimum Gasteiger partial charge on any atom is -0.363 e. The minimum atomic E-state index is 0.0616. The molecule has 1 heterocycles. The van der Waals surface area contributed by atoms with Crippen LogP contribution in [0.3, 0.4) is 0 Å². The van der Waals surface area contributed by atoms with Crippen molar-refractivity contribution < 1.29 is 9.32 Å². The van der Waals surface area contributed by atoms with Crippen molar-refractivity contribution in [3.63, 3.8) is 0 Å². The maximum Gasteiger partial charge on any atom is 0.159 e. The molecule has 1 N–H and O–H groups in total. The van der Waals surface area contributed by atoms with Gasteiger partial charge in [0.1, 0.15) is 6.26 Å². The van der Waals surface area contributed by atoms with E-state index in [4.69, 9.17) is 0 Å². The zero-order valence-electron chi connectivity index (χ0n) is 8.23. The van der Waals surface area contributed by atoms with Gasteiger partial charge in [0.25, 0.3) is 0 Å². The summed E-state index contributed by atoms with van der Waals surface area (Å²) < 4.78 is 4.68. The fourth-order valence-electron chi connectivity index (χ4n) is 1.22. The van der Waals surface area contributed by atoms with E-state index >= 15 is 0 Å². The van der Waals surface area contributed by atoms with E-state index in [9.17, 15) is 4.79 Å². The van der Waals surface area contributed by atoms with Crippen molar-refractivity contribution in [2.45, 2.75) is 6.92 Å². The number of benzene rings is 1. The van der Waals surface area contributed by atoms with Gasteiger partial charge in [-0.25, -0.2) is 0 Å². The third-order valence-corrected chi connectivity index (χ3v) is 2.01. The zero-order valence-corrected chi connectivity index (χ0v) is 8.23. The molecule has 0 fully saturated rings. The zero-order chi connectivity index (χ0) is 10.7. The number of rotatable bonds is 3. The number of anilines is 2. The van der Waals surface area contributed by atoms with Crippen LogP contribution in [-0.4, -0.2) is 10.9 Å². The largest absolute Gasteiger partial charge is 0.363 e. The fourth-order valence-corrected chi connectivity index (χ4v) is 1.22. The first-order chi connectivity index (χ1) is 7.25. The number of nitrogens with zero attached hydrogens (tertiary/aromatic N) is 1. The minimum absolute atomic E-state index is 0.0616. The van der Waals surface area contributed by atoms with Crippen LogP contribution in [0.1, 0.15) is 17.3 Å². The third kappa shape index (κ3) is 2.22. The Morgan fingerprint density at radius 3 is 2.53 bits per heavy atom. The number of nitrogens with one attached hydrogen (secondary N) is 1. The molecule has 0 atom stereocenters. The number of carbonyl (C=O) groups is 1. The molecule has 0 unspecified atom stereocenters. The molecule has 76 valence electrons. The number of hydrogen-bond donors (Lipinski definition) is 1. The van der Waals surface area contributed by atoms with Crippen molar-refractivity contribution >= 4 is 17.2 Å². The van der Waals surface area contributed by atoms with Crippen LogP contribution in [0, 0.1) is 0 Å². The van der Waals surface area contributed by atoms with Gasteiger partial charge in [-0.2, -0.15) is 0 Å². The molecule has 0 amide bonds. The van der Waals surface area contributed by atoms with Crippen molar-refractivity contribution in [3.8, 4) is 0 Å². The monoisotopic (exact) mass is 202 g/mol. The maximum absolute atomic E-state index is 11.0. The summed E-state index contributed by atoms with van der Waals surface area (Å²) in [6.07, 6.45) is 3.10. The highest BCUT2D eigenvalue weighted by atomic mass is 16.5. The van der Waals surface area contributed by atoms with Gasteiger partial charge in [0.15, 0.2) is 5.78 Å². The third-order valence-electron chi connectivity index (χ3n) is 2.01. The standard InChI is InChI=1S/C11H10N2O2/c1-8(14)9-2-4-10(5-3-9)13-11-6-12-15-7-11/h2-7,13H,1H3. The van der Waals surface area contributed by atoms with Gasteiger partial charge in [-0.1, -0.05) is 5.16 Å². The Hall–Kier alpha value is -2.10. The topological polar surface area (TPSA) is 55.1 Å². The molecule has 2 aromatic rings. The second kappa shape index (κ2) is 3.96. The lowest BCUT2D eigenvalue weighted by Gasteiger charge is -2.02. The lowest BCUT2D eigenvalue weighted by molar-refractivity contribution is 0.101.